The van der Waals surface area contributed by atoms with Gasteiger partial charge in [0.05, 0.1) is 19.0 Å². The van der Waals surface area contributed by atoms with Crippen molar-refractivity contribution in [3.8, 4) is 5.88 Å². The lowest BCUT2D eigenvalue weighted by molar-refractivity contribution is -0.120. The van der Waals surface area contributed by atoms with Crippen LogP contribution in [-0.2, 0) is 9.53 Å². The molecule has 1 atom stereocenters. The number of ether oxygens (including phenoxy) is 2. The van der Waals surface area contributed by atoms with Crippen molar-refractivity contribution in [1.82, 2.24) is 9.88 Å². The summed E-state index contributed by atoms with van der Waals surface area (Å²) < 4.78 is 10.3. The third-order valence-corrected chi connectivity index (χ3v) is 3.40. The monoisotopic (exact) mass is 321 g/mol. The number of hydrogen-bond acceptors (Lipinski definition) is 5. The highest BCUT2D eigenvalue weighted by Gasteiger charge is 2.36. The molecule has 1 aromatic heterocycles. The van der Waals surface area contributed by atoms with E-state index in [1.165, 1.54) is 18.2 Å². The fraction of sp³-hybridized carbons (Fsp3) is 0.562. The lowest BCUT2D eigenvalue weighted by Crippen LogP contribution is -2.45. The van der Waals surface area contributed by atoms with Gasteiger partial charge in [0.2, 0.25) is 11.8 Å². The van der Waals surface area contributed by atoms with Crippen LogP contribution < -0.4 is 10.1 Å². The summed E-state index contributed by atoms with van der Waals surface area (Å²) in [6.07, 6.45) is 2.46. The van der Waals surface area contributed by atoms with Crippen LogP contribution in [0.1, 0.15) is 33.6 Å². The standard InChI is InChI=1S/C16H23N3O4/c1-16(2,3)23-15(21)19-9-5-6-12(19)14(20)18-11-7-8-13(22-4)17-10-11/h7-8,10,12H,5-6,9H2,1-4H3,(H,18,20)/t12-/m1/s1. The highest BCUT2D eigenvalue weighted by atomic mass is 16.6. The van der Waals surface area contributed by atoms with Gasteiger partial charge in [0.25, 0.3) is 0 Å². The van der Waals surface area contributed by atoms with Crippen LogP contribution >= 0.6 is 0 Å². The van der Waals surface area contributed by atoms with Crippen molar-refractivity contribution in [1.29, 1.82) is 0 Å². The van der Waals surface area contributed by atoms with E-state index in [0.717, 1.165) is 6.42 Å². The van der Waals surface area contributed by atoms with Gasteiger partial charge in [-0.15, -0.1) is 0 Å². The van der Waals surface area contributed by atoms with Crippen molar-refractivity contribution in [2.45, 2.75) is 45.3 Å². The zero-order valence-electron chi connectivity index (χ0n) is 14.0. The molecule has 7 nitrogen and oxygen atoms in total. The van der Waals surface area contributed by atoms with Gasteiger partial charge in [0, 0.05) is 12.6 Å². The average molecular weight is 321 g/mol. The van der Waals surface area contributed by atoms with Crippen LogP contribution in [-0.4, -0.2) is 47.2 Å². The van der Waals surface area contributed by atoms with Crippen LogP contribution in [0, 0.1) is 0 Å². The van der Waals surface area contributed by atoms with Crippen molar-refractivity contribution in [3.05, 3.63) is 18.3 Å². The maximum Gasteiger partial charge on any atom is 0.410 e. The van der Waals surface area contributed by atoms with Crippen molar-refractivity contribution < 1.29 is 19.1 Å². The first-order valence-corrected chi connectivity index (χ1v) is 7.60. The van der Waals surface area contributed by atoms with E-state index in [2.05, 4.69) is 10.3 Å². The predicted molar refractivity (Wildman–Crippen MR) is 85.4 cm³/mol. The van der Waals surface area contributed by atoms with Crippen molar-refractivity contribution in [2.75, 3.05) is 19.0 Å². The number of nitrogens with one attached hydrogen (secondary N) is 1. The number of hydrogen-bond donors (Lipinski definition) is 1. The van der Waals surface area contributed by atoms with Gasteiger partial charge in [-0.2, -0.15) is 0 Å². The Kier molecular flexibility index (Phi) is 5.08. The Labute approximate surface area is 136 Å². The van der Waals surface area contributed by atoms with Gasteiger partial charge < -0.3 is 14.8 Å². The number of anilines is 1. The van der Waals surface area contributed by atoms with Crippen LogP contribution in [0.3, 0.4) is 0 Å². The molecule has 7 heteroatoms. The van der Waals surface area contributed by atoms with Crippen molar-refractivity contribution in [3.63, 3.8) is 0 Å². The van der Waals surface area contributed by atoms with E-state index in [4.69, 9.17) is 9.47 Å². The number of rotatable bonds is 3. The van der Waals surface area contributed by atoms with Crippen LogP contribution in [0.2, 0.25) is 0 Å². The highest BCUT2D eigenvalue weighted by Crippen LogP contribution is 2.22. The molecule has 0 aromatic carbocycles. The molecule has 23 heavy (non-hydrogen) atoms. The Morgan fingerprint density at radius 2 is 2.09 bits per heavy atom. The second-order valence-electron chi connectivity index (χ2n) is 6.41. The van der Waals surface area contributed by atoms with Gasteiger partial charge in [-0.05, 0) is 39.7 Å². The molecule has 1 aliphatic heterocycles. The van der Waals surface area contributed by atoms with Gasteiger partial charge in [0.1, 0.15) is 11.6 Å². The maximum absolute atomic E-state index is 12.4. The molecule has 0 bridgehead atoms. The number of carbonyl (C=O) groups is 2. The molecule has 0 spiro atoms. The van der Waals surface area contributed by atoms with E-state index >= 15 is 0 Å². The van der Waals surface area contributed by atoms with Crippen molar-refractivity contribution >= 4 is 17.7 Å². The minimum absolute atomic E-state index is 0.236. The molecular weight excluding hydrogens is 298 g/mol. The summed E-state index contributed by atoms with van der Waals surface area (Å²) in [6.45, 7) is 5.94. The Bertz CT molecular complexity index is 566. The third-order valence-electron chi connectivity index (χ3n) is 3.40. The topological polar surface area (TPSA) is 80.8 Å². The Morgan fingerprint density at radius 1 is 1.35 bits per heavy atom. The Morgan fingerprint density at radius 3 is 2.65 bits per heavy atom. The van der Waals surface area contributed by atoms with Gasteiger partial charge in [-0.1, -0.05) is 0 Å². The summed E-state index contributed by atoms with van der Waals surface area (Å²) in [5, 5.41) is 2.78. The molecular formula is C16H23N3O4. The SMILES string of the molecule is COc1ccc(NC(=O)[C@H]2CCCN2C(=O)OC(C)(C)C)cn1. The number of amides is 2. The summed E-state index contributed by atoms with van der Waals surface area (Å²) in [4.78, 5) is 30.2. The smallest absolute Gasteiger partial charge is 0.410 e. The van der Waals surface area contributed by atoms with E-state index in [0.29, 0.717) is 24.5 Å². The quantitative estimate of drug-likeness (QED) is 0.925. The molecule has 2 rings (SSSR count). The molecule has 126 valence electrons. The molecule has 2 amide bonds. The maximum atomic E-state index is 12.4. The third kappa shape index (κ3) is 4.58. The first kappa shape index (κ1) is 17.1. The Hall–Kier alpha value is -2.31. The summed E-state index contributed by atoms with van der Waals surface area (Å²) >= 11 is 0. The molecule has 1 fully saturated rings. The first-order valence-electron chi connectivity index (χ1n) is 7.60. The number of carbonyl (C=O) groups excluding carboxylic acids is 2. The summed E-state index contributed by atoms with van der Waals surface area (Å²) in [5.41, 5.74) is -0.0208. The second kappa shape index (κ2) is 6.85. The van der Waals surface area contributed by atoms with Crippen LogP contribution in [0.25, 0.3) is 0 Å². The highest BCUT2D eigenvalue weighted by molar-refractivity contribution is 5.96. The Balaban J connectivity index is 2.00. The lowest BCUT2D eigenvalue weighted by Gasteiger charge is -2.28. The second-order valence-corrected chi connectivity index (χ2v) is 6.41. The summed E-state index contributed by atoms with van der Waals surface area (Å²) in [6, 6.07) is 2.85. The van der Waals surface area contributed by atoms with E-state index in [1.807, 2.05) is 0 Å². The fourth-order valence-corrected chi connectivity index (χ4v) is 2.38. The molecule has 2 heterocycles. The minimum atomic E-state index is -0.583. The average Bonchev–Trinajstić information content (AvgIpc) is 2.96. The normalized spacial score (nSPS) is 17.7. The van der Waals surface area contributed by atoms with Crippen molar-refractivity contribution in [2.24, 2.45) is 0 Å². The van der Waals surface area contributed by atoms with Gasteiger partial charge in [0.15, 0.2) is 0 Å². The molecule has 0 radical (unpaired) electrons. The summed E-state index contributed by atoms with van der Waals surface area (Å²) in [5.74, 6) is 0.236. The minimum Gasteiger partial charge on any atom is -0.481 e. The van der Waals surface area contributed by atoms with E-state index in [9.17, 15) is 9.59 Å². The van der Waals surface area contributed by atoms with Crippen LogP contribution in [0.15, 0.2) is 18.3 Å². The number of aromatic nitrogens is 1. The van der Waals surface area contributed by atoms with Crippen LogP contribution in [0.5, 0.6) is 5.88 Å². The lowest BCUT2D eigenvalue weighted by atomic mass is 10.2. The molecule has 0 aliphatic carbocycles. The van der Waals surface area contributed by atoms with Gasteiger partial charge in [-0.3, -0.25) is 9.69 Å². The van der Waals surface area contributed by atoms with Crippen LogP contribution in [0.4, 0.5) is 10.5 Å². The van der Waals surface area contributed by atoms with E-state index in [-0.39, 0.29) is 5.91 Å². The predicted octanol–water partition coefficient (Wildman–Crippen LogP) is 2.43. The first-order chi connectivity index (χ1) is 10.8. The zero-order valence-corrected chi connectivity index (χ0v) is 14.0. The number of pyridine rings is 1. The fourth-order valence-electron chi connectivity index (χ4n) is 2.38. The van der Waals surface area contributed by atoms with Gasteiger partial charge in [-0.25, -0.2) is 9.78 Å². The molecule has 1 saturated heterocycles. The number of nitrogens with zero attached hydrogens (tertiary/aromatic N) is 2. The van der Waals surface area contributed by atoms with E-state index < -0.39 is 17.7 Å². The molecule has 0 unspecified atom stereocenters. The van der Waals surface area contributed by atoms with E-state index in [1.54, 1.807) is 32.9 Å². The molecule has 0 saturated carbocycles. The molecule has 1 aliphatic rings. The molecule has 1 N–H and O–H groups in total. The largest absolute Gasteiger partial charge is 0.481 e. The number of likely N-dealkylation sites (tertiary alicyclic amines) is 1. The zero-order chi connectivity index (χ0) is 17.0. The molecule has 1 aromatic rings. The number of methoxy groups -OCH3 is 1. The van der Waals surface area contributed by atoms with Gasteiger partial charge >= 0.3 is 6.09 Å². The summed E-state index contributed by atoms with van der Waals surface area (Å²) in [7, 11) is 1.53.